The molecule has 2 fully saturated rings. The van der Waals surface area contributed by atoms with Gasteiger partial charge in [-0.05, 0) is 25.8 Å². The first-order valence-electron chi connectivity index (χ1n) is 11.6. The zero-order valence-electron chi connectivity index (χ0n) is 19.5. The zero-order valence-corrected chi connectivity index (χ0v) is 20.3. The standard InChI is InChI=1S/C24H28ClF2N5O2/c1-4-5-8-34-24(33)31(3)16-9-15(26)20(27)18-19-22(14(25)10-28-23(19)29-21(16)18)32-7-6-13-11-30(2)12-17(13)32/h9-10,13,17H,4-8,11-12H2,1-3H3,(H,28,29)/t13-,17+/m0/s1. The van der Waals surface area contributed by atoms with E-state index in [0.717, 1.165) is 45.0 Å². The van der Waals surface area contributed by atoms with E-state index in [1.165, 1.54) is 18.1 Å². The summed E-state index contributed by atoms with van der Waals surface area (Å²) in [7, 11) is 3.56. The van der Waals surface area contributed by atoms with Crippen LogP contribution in [-0.4, -0.2) is 67.3 Å². The number of aromatic amines is 1. The minimum atomic E-state index is -1.05. The summed E-state index contributed by atoms with van der Waals surface area (Å²) in [5.74, 6) is -1.56. The zero-order chi connectivity index (χ0) is 24.1. The molecule has 0 bridgehead atoms. The average Bonchev–Trinajstić information content (AvgIpc) is 3.48. The Hall–Kier alpha value is -2.65. The fourth-order valence-electron chi connectivity index (χ4n) is 5.40. The van der Waals surface area contributed by atoms with Crippen LogP contribution in [0.2, 0.25) is 5.02 Å². The van der Waals surface area contributed by atoms with Crippen LogP contribution in [0.15, 0.2) is 12.3 Å². The van der Waals surface area contributed by atoms with Gasteiger partial charge in [0.25, 0.3) is 0 Å². The minimum Gasteiger partial charge on any atom is -0.449 e. The summed E-state index contributed by atoms with van der Waals surface area (Å²) in [6.07, 6.45) is 3.50. The maximum absolute atomic E-state index is 15.4. The molecule has 2 aliphatic rings. The highest BCUT2D eigenvalue weighted by Gasteiger charge is 2.41. The number of nitrogens with zero attached hydrogens (tertiary/aromatic N) is 4. The first-order chi connectivity index (χ1) is 16.3. The van der Waals surface area contributed by atoms with Crippen LogP contribution < -0.4 is 9.80 Å². The summed E-state index contributed by atoms with van der Waals surface area (Å²) in [5, 5.41) is 0.864. The van der Waals surface area contributed by atoms with Crippen molar-refractivity contribution in [1.29, 1.82) is 0 Å². The Balaban J connectivity index is 1.67. The third-order valence-electron chi connectivity index (χ3n) is 7.08. The van der Waals surface area contributed by atoms with E-state index in [-0.39, 0.29) is 29.2 Å². The van der Waals surface area contributed by atoms with Crippen LogP contribution in [0.4, 0.5) is 25.0 Å². The van der Waals surface area contributed by atoms with Crippen molar-refractivity contribution in [3.8, 4) is 0 Å². The van der Waals surface area contributed by atoms with Gasteiger partial charge in [-0.15, -0.1) is 0 Å². The van der Waals surface area contributed by atoms with Crippen LogP contribution in [0.5, 0.6) is 0 Å². The molecule has 0 unspecified atom stereocenters. The average molecular weight is 492 g/mol. The SMILES string of the molecule is CCCCOC(=O)N(C)c1cc(F)c(F)c2c1[nH]c1ncc(Cl)c(N3CC[C@H]4CN(C)C[C@H]43)c12. The van der Waals surface area contributed by atoms with Gasteiger partial charge < -0.3 is 19.5 Å². The van der Waals surface area contributed by atoms with E-state index in [9.17, 15) is 9.18 Å². The van der Waals surface area contributed by atoms with Gasteiger partial charge in [-0.25, -0.2) is 18.6 Å². The normalized spacial score (nSPS) is 20.5. The number of likely N-dealkylation sites (tertiary alicyclic amines) is 1. The summed E-state index contributed by atoms with van der Waals surface area (Å²) in [5.41, 5.74) is 1.50. The second kappa shape index (κ2) is 8.85. The maximum Gasteiger partial charge on any atom is 0.414 e. The molecule has 0 radical (unpaired) electrons. The Kier molecular flexibility index (Phi) is 6.02. The van der Waals surface area contributed by atoms with Gasteiger partial charge in [0.05, 0.1) is 45.5 Å². The second-order valence-electron chi connectivity index (χ2n) is 9.30. The summed E-state index contributed by atoms with van der Waals surface area (Å²) in [4.78, 5) is 25.8. The highest BCUT2D eigenvalue weighted by Crippen LogP contribution is 2.45. The number of unbranched alkanes of at least 4 members (excludes halogenated alkanes) is 1. The molecule has 1 N–H and O–H groups in total. The Morgan fingerprint density at radius 2 is 2.15 bits per heavy atom. The van der Waals surface area contributed by atoms with Crippen LogP contribution in [0, 0.1) is 17.6 Å². The molecule has 0 saturated carbocycles. The molecule has 2 atom stereocenters. The molecule has 2 saturated heterocycles. The molecule has 34 heavy (non-hydrogen) atoms. The summed E-state index contributed by atoms with van der Waals surface area (Å²) >= 11 is 6.65. The van der Waals surface area contributed by atoms with Gasteiger partial charge in [-0.1, -0.05) is 24.9 Å². The molecule has 2 aliphatic heterocycles. The number of carbonyl (C=O) groups is 1. The van der Waals surface area contributed by atoms with Gasteiger partial charge in [-0.3, -0.25) is 4.90 Å². The lowest BCUT2D eigenvalue weighted by Crippen LogP contribution is -2.34. The number of benzene rings is 1. The number of hydrogen-bond acceptors (Lipinski definition) is 5. The second-order valence-corrected chi connectivity index (χ2v) is 9.71. The summed E-state index contributed by atoms with van der Waals surface area (Å²) < 4.78 is 35.5. The van der Waals surface area contributed by atoms with Crippen LogP contribution in [-0.2, 0) is 4.74 Å². The molecule has 3 aromatic rings. The predicted octanol–water partition coefficient (Wildman–Crippen LogP) is 5.16. The van der Waals surface area contributed by atoms with E-state index in [0.29, 0.717) is 27.7 Å². The fourth-order valence-corrected chi connectivity index (χ4v) is 5.65. The Morgan fingerprint density at radius 1 is 1.35 bits per heavy atom. The number of ether oxygens (including phenoxy) is 1. The summed E-state index contributed by atoms with van der Waals surface area (Å²) in [6, 6.07) is 1.25. The van der Waals surface area contributed by atoms with Crippen molar-refractivity contribution in [2.45, 2.75) is 32.2 Å². The van der Waals surface area contributed by atoms with Gasteiger partial charge in [0.2, 0.25) is 0 Å². The van der Waals surface area contributed by atoms with Gasteiger partial charge in [0.1, 0.15) is 5.65 Å². The van der Waals surface area contributed by atoms with Crippen molar-refractivity contribution in [3.63, 3.8) is 0 Å². The number of rotatable bonds is 5. The molecule has 1 aromatic carbocycles. The number of pyridine rings is 1. The van der Waals surface area contributed by atoms with Gasteiger partial charge in [0.15, 0.2) is 11.6 Å². The number of halogens is 3. The largest absolute Gasteiger partial charge is 0.449 e. The number of amides is 1. The lowest BCUT2D eigenvalue weighted by atomic mass is 10.0. The van der Waals surface area contributed by atoms with Crippen LogP contribution in [0.1, 0.15) is 26.2 Å². The molecule has 0 aliphatic carbocycles. The smallest absolute Gasteiger partial charge is 0.414 e. The van der Waals surface area contributed by atoms with Gasteiger partial charge >= 0.3 is 6.09 Å². The van der Waals surface area contributed by atoms with Crippen LogP contribution in [0.3, 0.4) is 0 Å². The van der Waals surface area contributed by atoms with E-state index >= 15 is 4.39 Å². The molecule has 182 valence electrons. The number of nitrogens with one attached hydrogen (secondary N) is 1. The highest BCUT2D eigenvalue weighted by molar-refractivity contribution is 6.36. The lowest BCUT2D eigenvalue weighted by Gasteiger charge is -2.28. The lowest BCUT2D eigenvalue weighted by molar-refractivity contribution is 0.153. The molecule has 2 aromatic heterocycles. The number of carbonyl (C=O) groups excluding carboxylic acids is 1. The van der Waals surface area contributed by atoms with E-state index in [1.54, 1.807) is 0 Å². The first-order valence-corrected chi connectivity index (χ1v) is 12.0. The van der Waals surface area contributed by atoms with Crippen molar-refractivity contribution in [1.82, 2.24) is 14.9 Å². The van der Waals surface area contributed by atoms with E-state index in [1.807, 2.05) is 6.92 Å². The third kappa shape index (κ3) is 3.65. The molecule has 10 heteroatoms. The van der Waals surface area contributed by atoms with Crippen LogP contribution in [0.25, 0.3) is 21.9 Å². The number of aromatic nitrogens is 2. The Labute approximate surface area is 201 Å². The number of hydrogen-bond donors (Lipinski definition) is 1. The molecule has 5 rings (SSSR count). The van der Waals surface area contributed by atoms with Crippen molar-refractivity contribution in [2.75, 3.05) is 50.1 Å². The van der Waals surface area contributed by atoms with Crippen molar-refractivity contribution < 1.29 is 18.3 Å². The fraction of sp³-hybridized carbons (Fsp3) is 0.500. The first kappa shape index (κ1) is 23.1. The van der Waals surface area contributed by atoms with Crippen molar-refractivity contribution >= 4 is 51.0 Å². The number of anilines is 2. The molecule has 7 nitrogen and oxygen atoms in total. The van der Waals surface area contributed by atoms with E-state index in [4.69, 9.17) is 16.3 Å². The molecule has 1 amide bonds. The molecule has 0 spiro atoms. The Bertz CT molecular complexity index is 1270. The maximum atomic E-state index is 15.4. The topological polar surface area (TPSA) is 64.7 Å². The highest BCUT2D eigenvalue weighted by atomic mass is 35.5. The number of likely N-dealkylation sites (N-methyl/N-ethyl adjacent to an activating group) is 1. The monoisotopic (exact) mass is 491 g/mol. The van der Waals surface area contributed by atoms with Crippen molar-refractivity contribution in [3.05, 3.63) is 28.9 Å². The molecular weight excluding hydrogens is 464 g/mol. The molecule has 4 heterocycles. The predicted molar refractivity (Wildman–Crippen MR) is 130 cm³/mol. The minimum absolute atomic E-state index is 0.0398. The summed E-state index contributed by atoms with van der Waals surface area (Å²) in [6.45, 7) is 4.90. The van der Waals surface area contributed by atoms with Gasteiger partial charge in [0, 0.05) is 38.8 Å². The van der Waals surface area contributed by atoms with Crippen LogP contribution >= 0.6 is 11.6 Å². The number of H-pyrrole nitrogens is 1. The molecular formula is C24H28ClF2N5O2. The van der Waals surface area contributed by atoms with Crippen molar-refractivity contribution in [2.24, 2.45) is 5.92 Å². The Morgan fingerprint density at radius 3 is 2.91 bits per heavy atom. The third-order valence-corrected chi connectivity index (χ3v) is 7.35. The van der Waals surface area contributed by atoms with E-state index < -0.39 is 17.7 Å². The van der Waals surface area contributed by atoms with Gasteiger partial charge in [-0.2, -0.15) is 0 Å². The van der Waals surface area contributed by atoms with E-state index in [2.05, 4.69) is 26.8 Å². The quantitative estimate of drug-likeness (QED) is 0.499. The number of fused-ring (bicyclic) bond motifs is 4.